The van der Waals surface area contributed by atoms with Gasteiger partial charge in [-0.05, 0) is 90.8 Å². The molecule has 384 valence electrons. The molecule has 8 rings (SSSR count). The number of carbonyl (C=O) groups excluding carboxylic acids is 1. The van der Waals surface area contributed by atoms with E-state index in [-0.39, 0.29) is 30.3 Å². The van der Waals surface area contributed by atoms with Gasteiger partial charge in [0, 0.05) is 11.3 Å². The molecule has 0 spiro atoms. The van der Waals surface area contributed by atoms with E-state index in [9.17, 15) is 66.1 Å². The van der Waals surface area contributed by atoms with E-state index in [4.69, 9.17) is 28.4 Å². The molecule has 0 bridgehead atoms. The lowest BCUT2D eigenvalue weighted by Crippen LogP contribution is -2.72. The Hall–Kier alpha value is -1.47. The number of rotatable bonds is 8. The number of carbonyl (C=O) groups is 1. The summed E-state index contributed by atoms with van der Waals surface area (Å²) in [6, 6.07) is 0. The number of hydrogen-bond acceptors (Lipinski definition) is 19. The Morgan fingerprint density at radius 1 is 0.687 bits per heavy atom. The van der Waals surface area contributed by atoms with Crippen LogP contribution in [0.25, 0.3) is 0 Å². The van der Waals surface area contributed by atoms with Crippen LogP contribution in [0.1, 0.15) is 100 Å². The predicted octanol–water partition coefficient (Wildman–Crippen LogP) is -1.03. The molecule has 0 amide bonds. The van der Waals surface area contributed by atoms with Gasteiger partial charge in [0.1, 0.15) is 54.9 Å². The highest BCUT2D eigenvalue weighted by atomic mass is 16.8. The zero-order valence-corrected chi connectivity index (χ0v) is 40.0. The molecule has 0 aromatic heterocycles. The zero-order valence-electron chi connectivity index (χ0n) is 40.0. The van der Waals surface area contributed by atoms with Gasteiger partial charge in [0.25, 0.3) is 0 Å². The molecular weight excluding hydrogens is 881 g/mol. The number of hydrogen-bond donors (Lipinski definition) is 12. The molecule has 0 radical (unpaired) electrons. The van der Waals surface area contributed by atoms with Crippen molar-refractivity contribution in [3.8, 4) is 0 Å². The van der Waals surface area contributed by atoms with Gasteiger partial charge in [-0.2, -0.15) is 0 Å². The molecule has 3 aliphatic heterocycles. The first-order chi connectivity index (χ1) is 31.1. The zero-order chi connectivity index (χ0) is 49.3. The average molecular weight is 959 g/mol. The minimum atomic E-state index is -1.73. The maximum Gasteiger partial charge on any atom is 0.311 e. The fourth-order valence-corrected chi connectivity index (χ4v) is 15.4. The Labute approximate surface area is 392 Å². The summed E-state index contributed by atoms with van der Waals surface area (Å²) in [5.41, 5.74) is -2.82. The van der Waals surface area contributed by atoms with Gasteiger partial charge in [0.2, 0.25) is 6.29 Å². The lowest BCUT2D eigenvalue weighted by molar-refractivity contribution is -0.351. The summed E-state index contributed by atoms with van der Waals surface area (Å²) in [4.78, 5) is 14.8. The van der Waals surface area contributed by atoms with Crippen molar-refractivity contribution in [2.45, 2.75) is 205 Å². The van der Waals surface area contributed by atoms with E-state index in [0.717, 1.165) is 6.42 Å². The van der Waals surface area contributed by atoms with E-state index in [0.29, 0.717) is 32.1 Å². The molecule has 0 aromatic carbocycles. The van der Waals surface area contributed by atoms with E-state index >= 15 is 0 Å². The summed E-state index contributed by atoms with van der Waals surface area (Å²) >= 11 is 0. The molecule has 26 atom stereocenters. The van der Waals surface area contributed by atoms with Crippen molar-refractivity contribution in [2.75, 3.05) is 19.8 Å². The van der Waals surface area contributed by atoms with Gasteiger partial charge in [-0.1, -0.05) is 60.1 Å². The minimum absolute atomic E-state index is 0.0983. The van der Waals surface area contributed by atoms with Crippen LogP contribution >= 0.6 is 0 Å². The van der Waals surface area contributed by atoms with Crippen molar-refractivity contribution in [1.82, 2.24) is 0 Å². The third-order valence-corrected chi connectivity index (χ3v) is 19.3. The van der Waals surface area contributed by atoms with Gasteiger partial charge < -0.3 is 89.7 Å². The summed E-state index contributed by atoms with van der Waals surface area (Å²) in [7, 11) is 0. The monoisotopic (exact) mass is 959 g/mol. The fraction of sp³-hybridized carbons (Fsp3) is 0.938. The first-order valence-corrected chi connectivity index (χ1v) is 24.3. The van der Waals surface area contributed by atoms with Crippen molar-refractivity contribution in [3.05, 3.63) is 11.6 Å². The molecule has 19 nitrogen and oxygen atoms in total. The highest BCUT2D eigenvalue weighted by Gasteiger charge is 2.73. The molecule has 3 saturated heterocycles. The first-order valence-electron chi connectivity index (χ1n) is 24.3. The third kappa shape index (κ3) is 8.01. The summed E-state index contributed by atoms with van der Waals surface area (Å²) in [6.07, 6.45) is -18.7. The summed E-state index contributed by atoms with van der Waals surface area (Å²) in [5, 5.41) is 131. The molecule has 8 aliphatic rings. The fourth-order valence-electron chi connectivity index (χ4n) is 15.4. The number of allylic oxidation sites excluding steroid dienone is 2. The quantitative estimate of drug-likeness (QED) is 0.0786. The molecule has 67 heavy (non-hydrogen) atoms. The van der Waals surface area contributed by atoms with Crippen molar-refractivity contribution >= 4 is 5.97 Å². The van der Waals surface area contributed by atoms with E-state index < -0.39 is 162 Å². The number of aliphatic hydroxyl groups excluding tert-OH is 12. The highest BCUT2D eigenvalue weighted by molar-refractivity contribution is 5.74. The van der Waals surface area contributed by atoms with Crippen LogP contribution in [0.3, 0.4) is 0 Å². The van der Waals surface area contributed by atoms with Gasteiger partial charge in [0.15, 0.2) is 18.7 Å². The molecule has 4 saturated carbocycles. The number of esters is 1. The van der Waals surface area contributed by atoms with Gasteiger partial charge in [-0.15, -0.1) is 0 Å². The van der Waals surface area contributed by atoms with Gasteiger partial charge >= 0.3 is 5.97 Å². The Bertz CT molecular complexity index is 1850. The maximum absolute atomic E-state index is 14.8. The molecule has 7 fully saturated rings. The van der Waals surface area contributed by atoms with E-state index in [1.165, 1.54) is 12.5 Å². The highest BCUT2D eigenvalue weighted by Crippen LogP contribution is 2.76. The van der Waals surface area contributed by atoms with E-state index in [2.05, 4.69) is 47.6 Å². The van der Waals surface area contributed by atoms with Crippen LogP contribution in [0.4, 0.5) is 0 Å². The number of aliphatic hydroxyl groups is 12. The van der Waals surface area contributed by atoms with Gasteiger partial charge in [-0.25, -0.2) is 0 Å². The van der Waals surface area contributed by atoms with Gasteiger partial charge in [0.05, 0.1) is 50.2 Å². The number of fused-ring (bicyclic) bond motifs is 7. The van der Waals surface area contributed by atoms with Crippen molar-refractivity contribution in [1.29, 1.82) is 0 Å². The molecular formula is C48H78O19. The second-order valence-corrected chi connectivity index (χ2v) is 23.8. The van der Waals surface area contributed by atoms with Crippen molar-refractivity contribution < 1.29 is 94.5 Å². The lowest BCUT2D eigenvalue weighted by atomic mass is 9.32. The first kappa shape index (κ1) is 51.9. The second kappa shape index (κ2) is 17.9. The maximum atomic E-state index is 14.8. The largest absolute Gasteiger partial charge is 0.432 e. The van der Waals surface area contributed by atoms with E-state index in [1.807, 2.05) is 0 Å². The predicted molar refractivity (Wildman–Crippen MR) is 231 cm³/mol. The molecule has 14 unspecified atom stereocenters. The molecule has 12 N–H and O–H groups in total. The van der Waals surface area contributed by atoms with Crippen molar-refractivity contribution in [3.63, 3.8) is 0 Å². The average Bonchev–Trinajstić information content (AvgIpc) is 3.25. The Balaban J connectivity index is 1.06. The Kier molecular flexibility index (Phi) is 13.9. The topological polar surface area (TPSA) is 315 Å². The van der Waals surface area contributed by atoms with Crippen LogP contribution in [0.5, 0.6) is 0 Å². The molecule has 0 aromatic rings. The molecule has 5 aliphatic carbocycles. The Morgan fingerprint density at radius 3 is 1.97 bits per heavy atom. The van der Waals surface area contributed by atoms with Crippen LogP contribution in [-0.2, 0) is 33.2 Å². The van der Waals surface area contributed by atoms with Crippen LogP contribution in [-0.4, -0.2) is 191 Å². The lowest BCUT2D eigenvalue weighted by Gasteiger charge is -2.73. The SMILES string of the molecule is CC1OC(OC2C(OC(=O)[C@@H]3CC(C)(C)C[C@H]4C5=CC[C@@H]6[C@@]7(C)C[C@H](O)[C@H](OC8OC(CO)C(O)C(O)C8O)[C@@](C)(CO)[C@@H]7[C@H](O)C[C@@]6(C)[C@]5(C)CC[C@@]34C)OCC(O)C2O)C(O)C(O)C1O. The molecule has 19 heteroatoms. The minimum Gasteiger partial charge on any atom is -0.432 e. The van der Waals surface area contributed by atoms with Crippen LogP contribution in [0.15, 0.2) is 11.6 Å². The van der Waals surface area contributed by atoms with Crippen LogP contribution in [0, 0.1) is 56.2 Å². The standard InChI is InChI=1S/C48H78O19/c1-20-29(54)32(57)34(59)40(63-20)65-36-30(55)26(53)18-62-42(36)67-39(61)23-14-43(2,3)13-22-21-9-10-28-45(5)15-25(52)38(66-41-35(60)33(58)31(56)27(17-49)64-41)46(6,19-50)37(45)24(51)16-48(28,8)47(21,7)12-11-44(22,23)4/h9,20,22-38,40-42,49-60H,10-19H2,1-8H3/t20?,22-,23-,24+,25-,26?,27?,28+,29?,30?,31?,32?,33?,34?,35?,36?,37+,38-,40?,41?,42?,44+,45+,46-,47+,48+/m0/s1. The Morgan fingerprint density at radius 2 is 1.33 bits per heavy atom. The molecule has 3 heterocycles. The summed E-state index contributed by atoms with van der Waals surface area (Å²) < 4.78 is 35.4. The number of ether oxygens (including phenoxy) is 6. The normalized spacial score (nSPS) is 56.4. The summed E-state index contributed by atoms with van der Waals surface area (Å²) in [6.45, 7) is 14.6. The third-order valence-electron chi connectivity index (χ3n) is 19.3. The van der Waals surface area contributed by atoms with Gasteiger partial charge in [-0.3, -0.25) is 4.79 Å². The second-order valence-electron chi connectivity index (χ2n) is 23.8. The van der Waals surface area contributed by atoms with Crippen molar-refractivity contribution in [2.24, 2.45) is 56.2 Å². The van der Waals surface area contributed by atoms with Crippen LogP contribution in [0.2, 0.25) is 0 Å². The smallest absolute Gasteiger partial charge is 0.311 e. The van der Waals surface area contributed by atoms with E-state index in [1.54, 1.807) is 6.92 Å². The van der Waals surface area contributed by atoms with Crippen LogP contribution < -0.4 is 0 Å². The summed E-state index contributed by atoms with van der Waals surface area (Å²) in [5.74, 6) is -2.04.